The molecule has 0 aliphatic rings. The van der Waals surface area contributed by atoms with Gasteiger partial charge in [-0.15, -0.1) is 0 Å². The van der Waals surface area contributed by atoms with Crippen molar-refractivity contribution in [3.63, 3.8) is 0 Å². The number of aryl methyl sites for hydroxylation is 2. The Morgan fingerprint density at radius 2 is 1.85 bits per heavy atom. The topological polar surface area (TPSA) is 85.6 Å². The summed E-state index contributed by atoms with van der Waals surface area (Å²) in [5, 5.41) is 3.08. The van der Waals surface area contributed by atoms with Crippen molar-refractivity contribution in [2.24, 2.45) is 0 Å². The van der Waals surface area contributed by atoms with Gasteiger partial charge in [0, 0.05) is 12.6 Å². The summed E-state index contributed by atoms with van der Waals surface area (Å²) < 4.78 is 10.4. The number of ether oxygens (including phenoxy) is 1. The fraction of sp³-hybridized carbons (Fsp3) is 0.190. The molecular formula is C21H19NO5. The van der Waals surface area contributed by atoms with Gasteiger partial charge in [-0.05, 0) is 37.1 Å². The number of carbonyl (C=O) groups is 2. The highest BCUT2D eigenvalue weighted by Gasteiger charge is 2.15. The molecule has 1 N–H and O–H groups in total. The molecule has 0 fully saturated rings. The van der Waals surface area contributed by atoms with E-state index in [-0.39, 0.29) is 11.2 Å². The lowest BCUT2D eigenvalue weighted by atomic mass is 10.1. The average molecular weight is 365 g/mol. The van der Waals surface area contributed by atoms with Crippen LogP contribution in [0, 0.1) is 13.8 Å². The van der Waals surface area contributed by atoms with Gasteiger partial charge in [-0.25, -0.2) is 4.79 Å². The third kappa shape index (κ3) is 4.41. The summed E-state index contributed by atoms with van der Waals surface area (Å²) in [6.07, 6.45) is 0. The van der Waals surface area contributed by atoms with Gasteiger partial charge >= 0.3 is 5.97 Å². The maximum atomic E-state index is 12.1. The third-order valence-electron chi connectivity index (χ3n) is 4.16. The molecular weight excluding hydrogens is 346 g/mol. The first-order valence-electron chi connectivity index (χ1n) is 8.47. The molecule has 0 aliphatic carbocycles. The molecule has 1 heterocycles. The molecule has 0 spiro atoms. The predicted molar refractivity (Wildman–Crippen MR) is 101 cm³/mol. The van der Waals surface area contributed by atoms with E-state index in [0.717, 1.165) is 22.8 Å². The molecule has 0 unspecified atom stereocenters. The molecule has 0 radical (unpaired) electrons. The van der Waals surface area contributed by atoms with Crippen LogP contribution < -0.4 is 10.7 Å². The Bertz CT molecular complexity index is 1070. The molecule has 2 aromatic carbocycles. The summed E-state index contributed by atoms with van der Waals surface area (Å²) >= 11 is 0. The van der Waals surface area contributed by atoms with Crippen molar-refractivity contribution in [2.45, 2.75) is 20.4 Å². The van der Waals surface area contributed by atoms with Crippen LogP contribution >= 0.6 is 0 Å². The molecule has 0 aliphatic heterocycles. The van der Waals surface area contributed by atoms with E-state index in [9.17, 15) is 14.4 Å². The summed E-state index contributed by atoms with van der Waals surface area (Å²) in [4.78, 5) is 36.1. The average Bonchev–Trinajstić information content (AvgIpc) is 2.65. The van der Waals surface area contributed by atoms with Gasteiger partial charge in [0.15, 0.2) is 12.0 Å². The lowest BCUT2D eigenvalue weighted by Crippen LogP contribution is -2.28. The second-order valence-corrected chi connectivity index (χ2v) is 6.25. The summed E-state index contributed by atoms with van der Waals surface area (Å²) in [5.41, 5.74) is 2.91. The van der Waals surface area contributed by atoms with E-state index >= 15 is 0 Å². The van der Waals surface area contributed by atoms with Gasteiger partial charge in [0.05, 0.1) is 5.39 Å². The Balaban J connectivity index is 1.61. The number of benzene rings is 2. The van der Waals surface area contributed by atoms with Gasteiger partial charge in [-0.2, -0.15) is 0 Å². The van der Waals surface area contributed by atoms with Gasteiger partial charge in [0.2, 0.25) is 5.76 Å². The number of esters is 1. The third-order valence-corrected chi connectivity index (χ3v) is 4.16. The second kappa shape index (κ2) is 7.86. The fourth-order valence-electron chi connectivity index (χ4n) is 2.63. The molecule has 138 valence electrons. The Morgan fingerprint density at radius 3 is 2.63 bits per heavy atom. The van der Waals surface area contributed by atoms with Crippen molar-refractivity contribution in [3.8, 4) is 0 Å². The molecule has 6 nitrogen and oxygen atoms in total. The molecule has 1 amide bonds. The Hall–Kier alpha value is -3.41. The molecule has 0 atom stereocenters. The van der Waals surface area contributed by atoms with E-state index in [2.05, 4.69) is 5.32 Å². The highest BCUT2D eigenvalue weighted by atomic mass is 16.5. The van der Waals surface area contributed by atoms with E-state index < -0.39 is 18.5 Å². The first-order valence-corrected chi connectivity index (χ1v) is 8.47. The molecule has 27 heavy (non-hydrogen) atoms. The van der Waals surface area contributed by atoms with Crippen LogP contribution in [0.15, 0.2) is 57.7 Å². The minimum Gasteiger partial charge on any atom is -0.450 e. The second-order valence-electron chi connectivity index (χ2n) is 6.25. The van der Waals surface area contributed by atoms with E-state index in [1.54, 1.807) is 18.2 Å². The van der Waals surface area contributed by atoms with Gasteiger partial charge < -0.3 is 14.5 Å². The fourth-order valence-corrected chi connectivity index (χ4v) is 2.63. The number of rotatable bonds is 5. The smallest absolute Gasteiger partial charge is 0.374 e. The van der Waals surface area contributed by atoms with Crippen LogP contribution in [0.1, 0.15) is 27.2 Å². The van der Waals surface area contributed by atoms with Crippen molar-refractivity contribution in [1.29, 1.82) is 0 Å². The zero-order valence-corrected chi connectivity index (χ0v) is 15.1. The quantitative estimate of drug-likeness (QED) is 0.703. The van der Waals surface area contributed by atoms with Gasteiger partial charge in [0.1, 0.15) is 5.58 Å². The number of hydrogen-bond acceptors (Lipinski definition) is 5. The normalized spacial score (nSPS) is 10.6. The Kier molecular flexibility index (Phi) is 5.35. The zero-order chi connectivity index (χ0) is 19.4. The van der Waals surface area contributed by atoms with Crippen LogP contribution in [-0.4, -0.2) is 18.5 Å². The van der Waals surface area contributed by atoms with Crippen LogP contribution in [0.25, 0.3) is 11.0 Å². The zero-order valence-electron chi connectivity index (χ0n) is 15.1. The van der Waals surface area contributed by atoms with Crippen molar-refractivity contribution in [3.05, 3.63) is 81.2 Å². The first-order chi connectivity index (χ1) is 12.9. The molecule has 6 heteroatoms. The minimum atomic E-state index is -0.861. The van der Waals surface area contributed by atoms with Crippen LogP contribution in [0.3, 0.4) is 0 Å². The van der Waals surface area contributed by atoms with Crippen LogP contribution in [0.4, 0.5) is 0 Å². The number of carbonyl (C=O) groups excluding carboxylic acids is 2. The molecule has 0 bridgehead atoms. The summed E-state index contributed by atoms with van der Waals surface area (Å²) in [5.74, 6) is -1.53. The number of hydrogen-bond donors (Lipinski definition) is 1. The highest BCUT2D eigenvalue weighted by molar-refractivity contribution is 5.90. The summed E-state index contributed by atoms with van der Waals surface area (Å²) in [7, 11) is 0. The number of fused-ring (bicyclic) bond motifs is 1. The van der Waals surface area contributed by atoms with Crippen molar-refractivity contribution >= 4 is 22.8 Å². The van der Waals surface area contributed by atoms with Crippen molar-refractivity contribution < 1.29 is 18.7 Å². The van der Waals surface area contributed by atoms with E-state index in [0.29, 0.717) is 17.5 Å². The molecule has 0 saturated carbocycles. The lowest BCUT2D eigenvalue weighted by Gasteiger charge is -2.08. The van der Waals surface area contributed by atoms with Crippen LogP contribution in [0.2, 0.25) is 0 Å². The minimum absolute atomic E-state index is 0.233. The highest BCUT2D eigenvalue weighted by Crippen LogP contribution is 2.14. The molecule has 0 saturated heterocycles. The summed E-state index contributed by atoms with van der Waals surface area (Å²) in [6, 6.07) is 13.8. The monoisotopic (exact) mass is 365 g/mol. The van der Waals surface area contributed by atoms with Crippen LogP contribution in [0.5, 0.6) is 0 Å². The lowest BCUT2D eigenvalue weighted by molar-refractivity contribution is -0.124. The van der Waals surface area contributed by atoms with E-state index in [4.69, 9.17) is 9.15 Å². The van der Waals surface area contributed by atoms with E-state index in [1.807, 2.05) is 38.1 Å². The van der Waals surface area contributed by atoms with Crippen molar-refractivity contribution in [1.82, 2.24) is 5.32 Å². The maximum Gasteiger partial charge on any atom is 0.374 e. The number of amides is 1. The predicted octanol–water partition coefficient (Wildman–Crippen LogP) is 2.88. The van der Waals surface area contributed by atoms with Crippen molar-refractivity contribution in [2.75, 3.05) is 6.61 Å². The first kappa shape index (κ1) is 18.4. The van der Waals surface area contributed by atoms with Gasteiger partial charge in [-0.1, -0.05) is 35.9 Å². The Labute approximate surface area is 155 Å². The summed E-state index contributed by atoms with van der Waals surface area (Å²) in [6.45, 7) is 3.69. The largest absolute Gasteiger partial charge is 0.450 e. The van der Waals surface area contributed by atoms with Gasteiger partial charge in [0.25, 0.3) is 5.91 Å². The maximum absolute atomic E-state index is 12.1. The SMILES string of the molecule is Cc1ccc2oc(C(=O)OCC(=O)NCc3ccccc3C)cc(=O)c2c1. The molecule has 3 rings (SSSR count). The Morgan fingerprint density at radius 1 is 1.07 bits per heavy atom. The van der Waals surface area contributed by atoms with Crippen LogP contribution in [-0.2, 0) is 16.1 Å². The number of nitrogens with one attached hydrogen (secondary N) is 1. The van der Waals surface area contributed by atoms with Gasteiger partial charge in [-0.3, -0.25) is 9.59 Å². The molecule has 1 aromatic heterocycles. The molecule has 3 aromatic rings. The van der Waals surface area contributed by atoms with E-state index in [1.165, 1.54) is 0 Å². The standard InChI is InChI=1S/C21H19NO5/c1-13-7-8-18-16(9-13)17(23)10-19(27-18)21(25)26-12-20(24)22-11-15-6-4-3-5-14(15)2/h3-10H,11-12H2,1-2H3,(H,22,24).